The molecule has 1 aromatic heterocycles. The van der Waals surface area contributed by atoms with Crippen LogP contribution in [0.5, 0.6) is 0 Å². The predicted octanol–water partition coefficient (Wildman–Crippen LogP) is 1.88. The lowest BCUT2D eigenvalue weighted by Gasteiger charge is -2.38. The number of benzene rings is 1. The molecule has 0 bridgehead atoms. The Morgan fingerprint density at radius 3 is 2.64 bits per heavy atom. The van der Waals surface area contributed by atoms with Crippen molar-refractivity contribution >= 4 is 17.7 Å². The molecule has 7 nitrogen and oxygen atoms in total. The molecule has 28 heavy (non-hydrogen) atoms. The van der Waals surface area contributed by atoms with E-state index in [9.17, 15) is 18.8 Å². The summed E-state index contributed by atoms with van der Waals surface area (Å²) in [6.45, 7) is 1.82. The molecule has 2 heterocycles. The van der Waals surface area contributed by atoms with Gasteiger partial charge in [0.2, 0.25) is 11.8 Å². The molecule has 2 aromatic rings. The third-order valence-electron chi connectivity index (χ3n) is 4.65. The Hall–Kier alpha value is -3.16. The molecule has 3 rings (SSSR count). The van der Waals surface area contributed by atoms with Crippen LogP contribution in [0.4, 0.5) is 4.39 Å². The van der Waals surface area contributed by atoms with Crippen LogP contribution in [0.1, 0.15) is 28.8 Å². The van der Waals surface area contributed by atoms with Gasteiger partial charge in [-0.3, -0.25) is 14.4 Å². The molecule has 1 saturated heterocycles. The molecule has 0 spiro atoms. The fraction of sp³-hybridized carbons (Fsp3) is 0.350. The highest BCUT2D eigenvalue weighted by Crippen LogP contribution is 2.20. The van der Waals surface area contributed by atoms with E-state index in [0.717, 1.165) is 0 Å². The number of halogens is 1. The SMILES string of the molecule is C[C@H]1C(=O)N(Cc2cccc(F)c2)CC(=O)N1Cc1ccc(C(=O)N(C)C)o1. The fourth-order valence-electron chi connectivity index (χ4n) is 3.13. The third kappa shape index (κ3) is 4.05. The van der Waals surface area contributed by atoms with E-state index in [1.165, 1.54) is 26.8 Å². The zero-order chi connectivity index (χ0) is 20.4. The number of amides is 3. The normalized spacial score (nSPS) is 17.2. The first kappa shape index (κ1) is 19.6. The van der Waals surface area contributed by atoms with Crippen molar-refractivity contribution in [3.63, 3.8) is 0 Å². The van der Waals surface area contributed by atoms with E-state index >= 15 is 0 Å². The van der Waals surface area contributed by atoms with Crippen LogP contribution in [0.25, 0.3) is 0 Å². The van der Waals surface area contributed by atoms with Crippen LogP contribution in [0, 0.1) is 5.82 Å². The Balaban J connectivity index is 1.69. The van der Waals surface area contributed by atoms with Crippen LogP contribution in [0.3, 0.4) is 0 Å². The Labute approximate surface area is 162 Å². The summed E-state index contributed by atoms with van der Waals surface area (Å²) in [5.41, 5.74) is 0.625. The number of carbonyl (C=O) groups excluding carboxylic acids is 3. The van der Waals surface area contributed by atoms with Crippen LogP contribution in [0.15, 0.2) is 40.8 Å². The monoisotopic (exact) mass is 387 g/mol. The third-order valence-corrected chi connectivity index (χ3v) is 4.65. The molecule has 1 fully saturated rings. The molecular formula is C20H22FN3O4. The van der Waals surface area contributed by atoms with E-state index in [0.29, 0.717) is 11.3 Å². The molecule has 148 valence electrons. The zero-order valence-electron chi connectivity index (χ0n) is 16.0. The number of rotatable bonds is 5. The van der Waals surface area contributed by atoms with Crippen molar-refractivity contribution < 1.29 is 23.2 Å². The Morgan fingerprint density at radius 1 is 1.21 bits per heavy atom. The lowest BCUT2D eigenvalue weighted by molar-refractivity contribution is -0.156. The summed E-state index contributed by atoms with van der Waals surface area (Å²) in [6.07, 6.45) is 0. The average Bonchev–Trinajstić information content (AvgIpc) is 3.11. The number of hydrogen-bond donors (Lipinski definition) is 0. The van der Waals surface area contributed by atoms with Gasteiger partial charge in [-0.1, -0.05) is 12.1 Å². The Bertz CT molecular complexity index is 908. The van der Waals surface area contributed by atoms with E-state index in [2.05, 4.69) is 0 Å². The van der Waals surface area contributed by atoms with Crippen molar-refractivity contribution in [1.82, 2.24) is 14.7 Å². The minimum absolute atomic E-state index is 0.0934. The zero-order valence-corrected chi connectivity index (χ0v) is 16.0. The summed E-state index contributed by atoms with van der Waals surface area (Å²) >= 11 is 0. The number of nitrogens with zero attached hydrogens (tertiary/aromatic N) is 3. The summed E-state index contributed by atoms with van der Waals surface area (Å²) in [6, 6.07) is 8.45. The number of hydrogen-bond acceptors (Lipinski definition) is 4. The smallest absolute Gasteiger partial charge is 0.289 e. The maximum Gasteiger partial charge on any atom is 0.289 e. The molecule has 0 aliphatic carbocycles. The second kappa shape index (κ2) is 7.84. The van der Waals surface area contributed by atoms with Crippen LogP contribution in [-0.2, 0) is 22.7 Å². The van der Waals surface area contributed by atoms with E-state index in [1.807, 2.05) is 0 Å². The highest BCUT2D eigenvalue weighted by Gasteiger charge is 2.37. The van der Waals surface area contributed by atoms with Gasteiger partial charge in [-0.15, -0.1) is 0 Å². The molecule has 0 radical (unpaired) electrons. The Kier molecular flexibility index (Phi) is 5.48. The molecule has 1 aromatic carbocycles. The second-order valence-corrected chi connectivity index (χ2v) is 6.99. The molecule has 0 unspecified atom stereocenters. The highest BCUT2D eigenvalue weighted by molar-refractivity contribution is 5.94. The summed E-state index contributed by atoms with van der Waals surface area (Å²) in [4.78, 5) is 41.5. The summed E-state index contributed by atoms with van der Waals surface area (Å²) in [5.74, 6) is -0.515. The van der Waals surface area contributed by atoms with Crippen molar-refractivity contribution in [2.24, 2.45) is 0 Å². The lowest BCUT2D eigenvalue weighted by atomic mass is 10.1. The first-order valence-electron chi connectivity index (χ1n) is 8.89. The first-order valence-corrected chi connectivity index (χ1v) is 8.89. The van der Waals surface area contributed by atoms with Gasteiger partial charge in [-0.05, 0) is 36.8 Å². The quantitative estimate of drug-likeness (QED) is 0.785. The van der Waals surface area contributed by atoms with Gasteiger partial charge in [0.15, 0.2) is 5.76 Å². The van der Waals surface area contributed by atoms with Gasteiger partial charge in [-0.25, -0.2) is 4.39 Å². The van der Waals surface area contributed by atoms with E-state index in [4.69, 9.17) is 4.42 Å². The minimum Gasteiger partial charge on any atom is -0.454 e. The molecule has 0 N–H and O–H groups in total. The topological polar surface area (TPSA) is 74.1 Å². The van der Waals surface area contributed by atoms with Crippen molar-refractivity contribution in [2.75, 3.05) is 20.6 Å². The van der Waals surface area contributed by atoms with E-state index < -0.39 is 6.04 Å². The number of piperazine rings is 1. The summed E-state index contributed by atoms with van der Waals surface area (Å²) in [7, 11) is 3.24. The molecule has 1 atom stereocenters. The van der Waals surface area contributed by atoms with Gasteiger partial charge in [0.25, 0.3) is 5.91 Å². The van der Waals surface area contributed by atoms with Crippen LogP contribution in [-0.4, -0.2) is 59.1 Å². The van der Waals surface area contributed by atoms with Gasteiger partial charge in [0, 0.05) is 20.6 Å². The van der Waals surface area contributed by atoms with Crippen molar-refractivity contribution in [2.45, 2.75) is 26.1 Å². The maximum absolute atomic E-state index is 13.4. The van der Waals surface area contributed by atoms with Gasteiger partial charge in [0.1, 0.15) is 24.2 Å². The minimum atomic E-state index is -0.687. The second-order valence-electron chi connectivity index (χ2n) is 6.99. The lowest BCUT2D eigenvalue weighted by Crippen LogP contribution is -2.57. The maximum atomic E-state index is 13.4. The van der Waals surface area contributed by atoms with Crippen LogP contribution < -0.4 is 0 Å². The largest absolute Gasteiger partial charge is 0.454 e. The number of furan rings is 1. The van der Waals surface area contributed by atoms with Gasteiger partial charge in [-0.2, -0.15) is 0 Å². The molecule has 8 heteroatoms. The first-order chi connectivity index (χ1) is 13.3. The Morgan fingerprint density at radius 2 is 1.96 bits per heavy atom. The predicted molar refractivity (Wildman–Crippen MR) is 98.6 cm³/mol. The standard InChI is InChI=1S/C20H22FN3O4/c1-13-19(26)23(10-14-5-4-6-15(21)9-14)12-18(25)24(13)11-16-7-8-17(28-16)20(27)22(2)3/h4-9,13H,10-12H2,1-3H3/t13-/m0/s1. The van der Waals surface area contributed by atoms with Crippen LogP contribution in [0.2, 0.25) is 0 Å². The highest BCUT2D eigenvalue weighted by atomic mass is 19.1. The molecule has 0 saturated carbocycles. The molecular weight excluding hydrogens is 365 g/mol. The summed E-state index contributed by atoms with van der Waals surface area (Å²) < 4.78 is 18.9. The molecule has 1 aliphatic heterocycles. The molecule has 3 amide bonds. The van der Waals surface area contributed by atoms with E-state index in [1.54, 1.807) is 45.3 Å². The molecule has 1 aliphatic rings. The van der Waals surface area contributed by atoms with Crippen molar-refractivity contribution in [3.8, 4) is 0 Å². The van der Waals surface area contributed by atoms with Gasteiger partial charge in [0.05, 0.1) is 6.54 Å². The number of carbonyl (C=O) groups is 3. The summed E-state index contributed by atoms with van der Waals surface area (Å²) in [5, 5.41) is 0. The fourth-order valence-corrected chi connectivity index (χ4v) is 3.13. The average molecular weight is 387 g/mol. The van der Waals surface area contributed by atoms with Crippen LogP contribution >= 0.6 is 0 Å². The van der Waals surface area contributed by atoms with E-state index in [-0.39, 0.29) is 48.9 Å². The van der Waals surface area contributed by atoms with Gasteiger partial charge >= 0.3 is 0 Å². The van der Waals surface area contributed by atoms with Gasteiger partial charge < -0.3 is 19.1 Å². The van der Waals surface area contributed by atoms with Crippen molar-refractivity contribution in [1.29, 1.82) is 0 Å². The van der Waals surface area contributed by atoms with Crippen molar-refractivity contribution in [3.05, 3.63) is 59.3 Å².